The molecule has 1 atom stereocenters. The highest BCUT2D eigenvalue weighted by Gasteiger charge is 2.22. The Morgan fingerprint density at radius 3 is 3.13 bits per heavy atom. The van der Waals surface area contributed by atoms with E-state index in [-0.39, 0.29) is 0 Å². The molecule has 15 heavy (non-hydrogen) atoms. The van der Waals surface area contributed by atoms with Gasteiger partial charge in [-0.3, -0.25) is 0 Å². The fourth-order valence-electron chi connectivity index (χ4n) is 2.64. The molecule has 0 spiro atoms. The normalized spacial score (nSPS) is 24.7. The SMILES string of the molecule is c1cc2c(c([C@@H]3CCCN3)c1)OCCC2. The van der Waals surface area contributed by atoms with Crippen molar-refractivity contribution in [2.24, 2.45) is 0 Å². The van der Waals surface area contributed by atoms with Crippen molar-refractivity contribution in [2.45, 2.75) is 31.7 Å². The maximum absolute atomic E-state index is 5.83. The van der Waals surface area contributed by atoms with E-state index in [0.29, 0.717) is 6.04 Å². The molecule has 0 aliphatic carbocycles. The van der Waals surface area contributed by atoms with Crippen LogP contribution in [0.3, 0.4) is 0 Å². The van der Waals surface area contributed by atoms with Crippen LogP contribution in [0.1, 0.15) is 36.4 Å². The molecule has 2 heteroatoms. The Labute approximate surface area is 90.6 Å². The molecule has 0 radical (unpaired) electrons. The first kappa shape index (κ1) is 9.22. The van der Waals surface area contributed by atoms with Gasteiger partial charge in [-0.05, 0) is 37.8 Å². The van der Waals surface area contributed by atoms with E-state index in [1.165, 1.54) is 36.1 Å². The summed E-state index contributed by atoms with van der Waals surface area (Å²) in [5.74, 6) is 1.17. The Balaban J connectivity index is 1.99. The van der Waals surface area contributed by atoms with E-state index < -0.39 is 0 Å². The lowest BCUT2D eigenvalue weighted by Crippen LogP contribution is -2.17. The van der Waals surface area contributed by atoms with Crippen LogP contribution in [-0.2, 0) is 6.42 Å². The van der Waals surface area contributed by atoms with Crippen LogP contribution < -0.4 is 10.1 Å². The van der Waals surface area contributed by atoms with Crippen LogP contribution in [0.2, 0.25) is 0 Å². The van der Waals surface area contributed by atoms with Gasteiger partial charge in [-0.2, -0.15) is 0 Å². The number of hydrogen-bond acceptors (Lipinski definition) is 2. The molecule has 3 rings (SSSR count). The zero-order valence-corrected chi connectivity index (χ0v) is 8.96. The van der Waals surface area contributed by atoms with Crippen molar-refractivity contribution in [3.8, 4) is 5.75 Å². The molecule has 0 aromatic heterocycles. The largest absolute Gasteiger partial charge is 0.493 e. The Hall–Kier alpha value is -1.02. The standard InChI is InChI=1S/C13H17NO/c1-4-10-5-3-9-15-13(10)11(6-1)12-7-2-8-14-12/h1,4,6,12,14H,2-3,5,7-9H2/t12-/m0/s1. The van der Waals surface area contributed by atoms with E-state index in [0.717, 1.165) is 19.6 Å². The summed E-state index contributed by atoms with van der Waals surface area (Å²) in [7, 11) is 0. The first-order chi connectivity index (χ1) is 7.45. The molecule has 1 aromatic carbocycles. The van der Waals surface area contributed by atoms with Crippen molar-refractivity contribution in [3.05, 3.63) is 29.3 Å². The third-order valence-corrected chi connectivity index (χ3v) is 3.40. The molecule has 1 saturated heterocycles. The van der Waals surface area contributed by atoms with Gasteiger partial charge in [0.2, 0.25) is 0 Å². The van der Waals surface area contributed by atoms with Crippen LogP contribution in [0, 0.1) is 0 Å². The van der Waals surface area contributed by atoms with E-state index in [2.05, 4.69) is 23.5 Å². The third-order valence-electron chi connectivity index (χ3n) is 3.40. The second-order valence-electron chi connectivity index (χ2n) is 4.44. The molecule has 1 N–H and O–H groups in total. The second-order valence-corrected chi connectivity index (χ2v) is 4.44. The van der Waals surface area contributed by atoms with Crippen LogP contribution in [0.5, 0.6) is 5.75 Å². The first-order valence-corrected chi connectivity index (χ1v) is 5.93. The fourth-order valence-corrected chi connectivity index (χ4v) is 2.64. The van der Waals surface area contributed by atoms with Gasteiger partial charge in [-0.1, -0.05) is 18.2 Å². The lowest BCUT2D eigenvalue weighted by Gasteiger charge is -2.23. The number of nitrogens with one attached hydrogen (secondary N) is 1. The average Bonchev–Trinajstić information content (AvgIpc) is 2.82. The van der Waals surface area contributed by atoms with Crippen LogP contribution in [-0.4, -0.2) is 13.2 Å². The molecule has 80 valence electrons. The Kier molecular flexibility index (Phi) is 2.37. The number of aryl methyl sites for hydroxylation is 1. The zero-order chi connectivity index (χ0) is 10.1. The first-order valence-electron chi connectivity index (χ1n) is 5.93. The summed E-state index contributed by atoms with van der Waals surface area (Å²) in [6.45, 7) is 2.03. The molecular weight excluding hydrogens is 186 g/mol. The van der Waals surface area contributed by atoms with Crippen molar-refractivity contribution in [3.63, 3.8) is 0 Å². The number of fused-ring (bicyclic) bond motifs is 1. The molecule has 2 nitrogen and oxygen atoms in total. The second kappa shape index (κ2) is 3.86. The minimum Gasteiger partial charge on any atom is -0.493 e. The lowest BCUT2D eigenvalue weighted by molar-refractivity contribution is 0.282. The Bertz CT molecular complexity index is 356. The van der Waals surface area contributed by atoms with Crippen molar-refractivity contribution in [2.75, 3.05) is 13.2 Å². The molecule has 1 aromatic rings. The summed E-state index contributed by atoms with van der Waals surface area (Å²) >= 11 is 0. The highest BCUT2D eigenvalue weighted by atomic mass is 16.5. The van der Waals surface area contributed by atoms with E-state index in [4.69, 9.17) is 4.74 Å². The van der Waals surface area contributed by atoms with Gasteiger partial charge >= 0.3 is 0 Å². The lowest BCUT2D eigenvalue weighted by atomic mass is 9.97. The summed E-state index contributed by atoms with van der Waals surface area (Å²) < 4.78 is 5.83. The van der Waals surface area contributed by atoms with E-state index in [9.17, 15) is 0 Å². The molecule has 0 bridgehead atoms. The van der Waals surface area contributed by atoms with E-state index >= 15 is 0 Å². The maximum atomic E-state index is 5.83. The van der Waals surface area contributed by atoms with Gasteiger partial charge in [-0.15, -0.1) is 0 Å². The number of rotatable bonds is 1. The highest BCUT2D eigenvalue weighted by Crippen LogP contribution is 2.35. The fraction of sp³-hybridized carbons (Fsp3) is 0.538. The molecule has 2 aliphatic rings. The zero-order valence-electron chi connectivity index (χ0n) is 8.96. The highest BCUT2D eigenvalue weighted by molar-refractivity contribution is 5.44. The predicted molar refractivity (Wildman–Crippen MR) is 60.2 cm³/mol. The molecule has 1 fully saturated rings. The maximum Gasteiger partial charge on any atom is 0.127 e. The van der Waals surface area contributed by atoms with Gasteiger partial charge in [-0.25, -0.2) is 0 Å². The van der Waals surface area contributed by atoms with Crippen LogP contribution in [0.25, 0.3) is 0 Å². The predicted octanol–water partition coefficient (Wildman–Crippen LogP) is 2.44. The molecule has 0 saturated carbocycles. The Morgan fingerprint density at radius 1 is 1.27 bits per heavy atom. The molecule has 0 unspecified atom stereocenters. The molecule has 2 aliphatic heterocycles. The van der Waals surface area contributed by atoms with Crippen LogP contribution in [0.4, 0.5) is 0 Å². The molecular formula is C13H17NO. The van der Waals surface area contributed by atoms with Crippen molar-refractivity contribution in [1.82, 2.24) is 5.32 Å². The van der Waals surface area contributed by atoms with Crippen LogP contribution in [0.15, 0.2) is 18.2 Å². The Morgan fingerprint density at radius 2 is 2.27 bits per heavy atom. The quantitative estimate of drug-likeness (QED) is 0.757. The van der Waals surface area contributed by atoms with Gasteiger partial charge in [0.25, 0.3) is 0 Å². The van der Waals surface area contributed by atoms with Gasteiger partial charge in [0.05, 0.1) is 6.61 Å². The van der Waals surface area contributed by atoms with Gasteiger partial charge < -0.3 is 10.1 Å². The van der Waals surface area contributed by atoms with Gasteiger partial charge in [0, 0.05) is 11.6 Å². The number of ether oxygens (including phenoxy) is 1. The minimum absolute atomic E-state index is 0.526. The summed E-state index contributed by atoms with van der Waals surface area (Å²) in [6.07, 6.45) is 4.87. The van der Waals surface area contributed by atoms with E-state index in [1.54, 1.807) is 0 Å². The summed E-state index contributed by atoms with van der Waals surface area (Å²) in [4.78, 5) is 0. The summed E-state index contributed by atoms with van der Waals surface area (Å²) in [6, 6.07) is 7.11. The topological polar surface area (TPSA) is 21.3 Å². The molecule has 2 heterocycles. The number of benzene rings is 1. The van der Waals surface area contributed by atoms with Gasteiger partial charge in [0.15, 0.2) is 0 Å². The molecule has 0 amide bonds. The average molecular weight is 203 g/mol. The van der Waals surface area contributed by atoms with Gasteiger partial charge in [0.1, 0.15) is 5.75 Å². The number of para-hydroxylation sites is 1. The third kappa shape index (κ3) is 1.63. The van der Waals surface area contributed by atoms with Crippen LogP contribution >= 0.6 is 0 Å². The van der Waals surface area contributed by atoms with Crippen molar-refractivity contribution < 1.29 is 4.74 Å². The minimum atomic E-state index is 0.526. The van der Waals surface area contributed by atoms with Crippen molar-refractivity contribution in [1.29, 1.82) is 0 Å². The summed E-state index contributed by atoms with van der Waals surface area (Å²) in [5, 5.41) is 3.54. The smallest absolute Gasteiger partial charge is 0.127 e. The number of hydrogen-bond donors (Lipinski definition) is 1. The summed E-state index contributed by atoms with van der Waals surface area (Å²) in [5.41, 5.74) is 2.78. The van der Waals surface area contributed by atoms with Crippen molar-refractivity contribution >= 4 is 0 Å². The van der Waals surface area contributed by atoms with E-state index in [1.807, 2.05) is 0 Å². The monoisotopic (exact) mass is 203 g/mol.